The summed E-state index contributed by atoms with van der Waals surface area (Å²) in [5, 5.41) is 7.49. The van der Waals surface area contributed by atoms with Crippen molar-refractivity contribution in [2.45, 2.75) is 43.0 Å². The molecule has 1 heterocycles. The molecule has 3 rings (SSSR count). The highest BCUT2D eigenvalue weighted by molar-refractivity contribution is 7.81. The molecule has 0 bridgehead atoms. The molecule has 0 aromatic heterocycles. The van der Waals surface area contributed by atoms with E-state index in [0.29, 0.717) is 13.0 Å². The molecule has 1 aliphatic heterocycles. The van der Waals surface area contributed by atoms with E-state index in [0.717, 1.165) is 17.5 Å². The zero-order chi connectivity index (χ0) is 26.6. The summed E-state index contributed by atoms with van der Waals surface area (Å²) in [5.74, 6) is -2.00. The van der Waals surface area contributed by atoms with E-state index >= 15 is 0 Å². The summed E-state index contributed by atoms with van der Waals surface area (Å²) in [6.45, 7) is 0.606. The standard InChI is InChI=1S/C28H33N3O5S/c1-36-28(35)25(37)22(18-21-13-8-16-29-26(21)33)31-27(34)23(17-20-11-6-3-7-12-20)30-24(32)15-14-19-9-4-2-5-10-19/h2-7,9-12,14-15,21-23,25,37H,8,13,16-18H2,1H3,(H,29,33)(H,30,32)(H,31,34)/b15-14+/t21-,22+,23+,25?/m1/s1. The summed E-state index contributed by atoms with van der Waals surface area (Å²) in [6.07, 6.45) is 4.96. The zero-order valence-corrected chi connectivity index (χ0v) is 21.7. The summed E-state index contributed by atoms with van der Waals surface area (Å²) >= 11 is 4.40. The van der Waals surface area contributed by atoms with Gasteiger partial charge in [-0.05, 0) is 36.5 Å². The van der Waals surface area contributed by atoms with E-state index in [-0.39, 0.29) is 24.7 Å². The number of hydrogen-bond donors (Lipinski definition) is 4. The number of nitrogens with one attached hydrogen (secondary N) is 3. The molecule has 1 aliphatic rings. The number of hydrogen-bond acceptors (Lipinski definition) is 6. The van der Waals surface area contributed by atoms with Gasteiger partial charge in [0.2, 0.25) is 17.7 Å². The number of benzene rings is 2. The molecule has 1 unspecified atom stereocenters. The van der Waals surface area contributed by atoms with Gasteiger partial charge in [0.1, 0.15) is 11.3 Å². The fraction of sp³-hybridized carbons (Fsp3) is 0.357. The van der Waals surface area contributed by atoms with Crippen molar-refractivity contribution in [2.24, 2.45) is 5.92 Å². The Morgan fingerprint density at radius 2 is 1.76 bits per heavy atom. The Morgan fingerprint density at radius 1 is 1.08 bits per heavy atom. The third kappa shape index (κ3) is 8.78. The minimum Gasteiger partial charge on any atom is -0.468 e. The lowest BCUT2D eigenvalue weighted by Gasteiger charge is -2.30. The van der Waals surface area contributed by atoms with Crippen molar-refractivity contribution >= 4 is 42.4 Å². The van der Waals surface area contributed by atoms with Crippen molar-refractivity contribution in [3.05, 3.63) is 77.9 Å². The maximum Gasteiger partial charge on any atom is 0.320 e. The Bertz CT molecular complexity index is 1090. The van der Waals surface area contributed by atoms with Crippen molar-refractivity contribution in [2.75, 3.05) is 13.7 Å². The van der Waals surface area contributed by atoms with Gasteiger partial charge >= 0.3 is 5.97 Å². The molecule has 9 heteroatoms. The SMILES string of the molecule is COC(=O)C(S)[C@H](C[C@H]1CCCNC1=O)NC(=O)[C@H](Cc1ccccc1)NC(=O)/C=C/c1ccccc1. The van der Waals surface area contributed by atoms with Gasteiger partial charge in [-0.3, -0.25) is 19.2 Å². The molecular weight excluding hydrogens is 490 g/mol. The number of carbonyl (C=O) groups is 4. The van der Waals surface area contributed by atoms with Gasteiger partial charge in [-0.15, -0.1) is 0 Å². The van der Waals surface area contributed by atoms with Crippen molar-refractivity contribution in [1.82, 2.24) is 16.0 Å². The first-order valence-corrected chi connectivity index (χ1v) is 12.8. The number of thiol groups is 1. The second kappa shape index (κ2) is 14.2. The van der Waals surface area contributed by atoms with Crippen LogP contribution >= 0.6 is 12.6 Å². The Morgan fingerprint density at radius 3 is 2.41 bits per heavy atom. The predicted molar refractivity (Wildman–Crippen MR) is 145 cm³/mol. The highest BCUT2D eigenvalue weighted by atomic mass is 32.1. The summed E-state index contributed by atoms with van der Waals surface area (Å²) in [6, 6.07) is 17.0. The first-order chi connectivity index (χ1) is 17.9. The molecular formula is C28H33N3O5S. The van der Waals surface area contributed by atoms with Gasteiger partial charge in [-0.25, -0.2) is 0 Å². The lowest BCUT2D eigenvalue weighted by Crippen LogP contribution is -2.54. The van der Waals surface area contributed by atoms with Crippen molar-refractivity contribution in [3.63, 3.8) is 0 Å². The Balaban J connectivity index is 1.77. The van der Waals surface area contributed by atoms with E-state index in [1.807, 2.05) is 60.7 Å². The lowest BCUT2D eigenvalue weighted by atomic mass is 9.90. The Labute approximate surface area is 222 Å². The average molecular weight is 524 g/mol. The first-order valence-electron chi connectivity index (χ1n) is 12.3. The van der Waals surface area contributed by atoms with Crippen LogP contribution < -0.4 is 16.0 Å². The van der Waals surface area contributed by atoms with Gasteiger partial charge in [0.05, 0.1) is 13.2 Å². The molecule has 0 saturated carbocycles. The monoisotopic (exact) mass is 523 g/mol. The highest BCUT2D eigenvalue weighted by Gasteiger charge is 2.34. The van der Waals surface area contributed by atoms with Crippen LogP contribution in [0.5, 0.6) is 0 Å². The fourth-order valence-corrected chi connectivity index (χ4v) is 4.52. The van der Waals surface area contributed by atoms with Crippen LogP contribution in [-0.4, -0.2) is 54.7 Å². The molecule has 0 radical (unpaired) electrons. The van der Waals surface area contributed by atoms with Crippen LogP contribution in [0.2, 0.25) is 0 Å². The van der Waals surface area contributed by atoms with E-state index in [4.69, 9.17) is 4.74 Å². The lowest BCUT2D eigenvalue weighted by molar-refractivity contribution is -0.141. The molecule has 4 atom stereocenters. The van der Waals surface area contributed by atoms with Crippen LogP contribution in [0.15, 0.2) is 66.7 Å². The van der Waals surface area contributed by atoms with Crippen molar-refractivity contribution < 1.29 is 23.9 Å². The minimum absolute atomic E-state index is 0.115. The number of methoxy groups -OCH3 is 1. The van der Waals surface area contributed by atoms with Crippen LogP contribution in [0.4, 0.5) is 0 Å². The van der Waals surface area contributed by atoms with E-state index < -0.39 is 35.1 Å². The van der Waals surface area contributed by atoms with Gasteiger partial charge < -0.3 is 20.7 Å². The molecule has 2 aromatic carbocycles. The molecule has 1 saturated heterocycles. The van der Waals surface area contributed by atoms with E-state index in [1.165, 1.54) is 13.2 Å². The van der Waals surface area contributed by atoms with Gasteiger partial charge in [0.15, 0.2) is 0 Å². The maximum absolute atomic E-state index is 13.5. The largest absolute Gasteiger partial charge is 0.468 e. The Kier molecular flexibility index (Phi) is 10.8. The van der Waals surface area contributed by atoms with Crippen LogP contribution in [0.25, 0.3) is 6.08 Å². The normalized spacial score (nSPS) is 17.8. The molecule has 0 spiro atoms. The molecule has 8 nitrogen and oxygen atoms in total. The topological polar surface area (TPSA) is 114 Å². The first kappa shape index (κ1) is 28.0. The van der Waals surface area contributed by atoms with Crippen molar-refractivity contribution in [3.8, 4) is 0 Å². The fourth-order valence-electron chi connectivity index (χ4n) is 4.22. The predicted octanol–water partition coefficient (Wildman–Crippen LogP) is 2.30. The third-order valence-corrected chi connectivity index (χ3v) is 6.80. The van der Waals surface area contributed by atoms with E-state index in [1.54, 1.807) is 6.08 Å². The summed E-state index contributed by atoms with van der Waals surface area (Å²) in [7, 11) is 1.25. The highest BCUT2D eigenvalue weighted by Crippen LogP contribution is 2.21. The maximum atomic E-state index is 13.5. The quantitative estimate of drug-likeness (QED) is 0.205. The second-order valence-electron chi connectivity index (χ2n) is 8.94. The van der Waals surface area contributed by atoms with Gasteiger partial charge in [-0.1, -0.05) is 60.7 Å². The Hall–Kier alpha value is -3.59. The van der Waals surface area contributed by atoms with Crippen LogP contribution in [0.1, 0.15) is 30.4 Å². The van der Waals surface area contributed by atoms with Gasteiger partial charge in [0, 0.05) is 25.0 Å². The summed E-state index contributed by atoms with van der Waals surface area (Å²) in [5.41, 5.74) is 1.71. The number of piperidine rings is 1. The molecule has 196 valence electrons. The summed E-state index contributed by atoms with van der Waals surface area (Å²) < 4.78 is 4.84. The van der Waals surface area contributed by atoms with Gasteiger partial charge in [-0.2, -0.15) is 12.6 Å². The van der Waals surface area contributed by atoms with Crippen LogP contribution in [-0.2, 0) is 30.3 Å². The number of carbonyl (C=O) groups excluding carboxylic acids is 4. The number of esters is 1. The number of ether oxygens (including phenoxy) is 1. The molecule has 2 aromatic rings. The molecule has 3 N–H and O–H groups in total. The number of rotatable bonds is 11. The summed E-state index contributed by atoms with van der Waals surface area (Å²) in [4.78, 5) is 50.8. The molecule has 3 amide bonds. The second-order valence-corrected chi connectivity index (χ2v) is 9.50. The van der Waals surface area contributed by atoms with E-state index in [2.05, 4.69) is 28.6 Å². The van der Waals surface area contributed by atoms with Crippen LogP contribution in [0.3, 0.4) is 0 Å². The molecule has 0 aliphatic carbocycles. The number of amides is 3. The van der Waals surface area contributed by atoms with Crippen molar-refractivity contribution in [1.29, 1.82) is 0 Å². The third-order valence-electron chi connectivity index (χ3n) is 6.23. The van der Waals surface area contributed by atoms with Crippen LogP contribution in [0, 0.1) is 5.92 Å². The average Bonchev–Trinajstić information content (AvgIpc) is 2.92. The molecule has 37 heavy (non-hydrogen) atoms. The smallest absolute Gasteiger partial charge is 0.320 e. The molecule has 1 fully saturated rings. The minimum atomic E-state index is -0.977. The zero-order valence-electron chi connectivity index (χ0n) is 20.8. The van der Waals surface area contributed by atoms with Gasteiger partial charge in [0.25, 0.3) is 0 Å². The van der Waals surface area contributed by atoms with E-state index in [9.17, 15) is 19.2 Å².